The number of nitrogens with zero attached hydrogens (tertiary/aromatic N) is 3. The van der Waals surface area contributed by atoms with E-state index < -0.39 is 10.0 Å². The fourth-order valence-electron chi connectivity index (χ4n) is 3.60. The normalized spacial score (nSPS) is 14.9. The second-order valence-electron chi connectivity index (χ2n) is 7.46. The highest BCUT2D eigenvalue weighted by Crippen LogP contribution is 2.18. The second-order valence-corrected chi connectivity index (χ2v) is 9.40. The van der Waals surface area contributed by atoms with E-state index in [2.05, 4.69) is 14.9 Å². The Hall–Kier alpha value is -3.01. The smallest absolute Gasteiger partial charge is 0.251 e. The van der Waals surface area contributed by atoms with E-state index in [1.807, 2.05) is 36.5 Å². The van der Waals surface area contributed by atoms with Crippen molar-refractivity contribution in [1.29, 1.82) is 0 Å². The molecule has 0 saturated carbocycles. The molecule has 0 spiro atoms. The van der Waals surface area contributed by atoms with Crippen molar-refractivity contribution in [2.75, 3.05) is 32.8 Å². The van der Waals surface area contributed by atoms with Crippen molar-refractivity contribution in [1.82, 2.24) is 19.2 Å². The van der Waals surface area contributed by atoms with Gasteiger partial charge in [-0.1, -0.05) is 30.3 Å². The lowest BCUT2D eigenvalue weighted by Crippen LogP contribution is -2.40. The number of carbonyl (C=O) groups excluding carboxylic acids is 1. The highest BCUT2D eigenvalue weighted by molar-refractivity contribution is 7.89. The molecule has 4 rings (SSSR count). The topological polar surface area (TPSA) is 93.5 Å². The third-order valence-electron chi connectivity index (χ3n) is 5.33. The molecule has 0 aliphatic carbocycles. The maximum absolute atomic E-state index is 12.7. The number of benzene rings is 2. The summed E-state index contributed by atoms with van der Waals surface area (Å²) < 4.78 is 34.1. The summed E-state index contributed by atoms with van der Waals surface area (Å²) in [5, 5.41) is 2.89. The Kier molecular flexibility index (Phi) is 6.99. The van der Waals surface area contributed by atoms with Gasteiger partial charge in [0.2, 0.25) is 10.0 Å². The zero-order valence-corrected chi connectivity index (χ0v) is 18.5. The van der Waals surface area contributed by atoms with Gasteiger partial charge in [-0.3, -0.25) is 4.79 Å². The summed E-state index contributed by atoms with van der Waals surface area (Å²) in [4.78, 5) is 17.1. The Bertz CT molecular complexity index is 1140. The molecular formula is C23H26N4O4S. The number of ether oxygens (including phenoxy) is 1. The Balaban J connectivity index is 1.29. The summed E-state index contributed by atoms with van der Waals surface area (Å²) in [7, 11) is -3.56. The van der Waals surface area contributed by atoms with Crippen LogP contribution in [0.1, 0.15) is 16.8 Å². The average molecular weight is 455 g/mol. The van der Waals surface area contributed by atoms with Crippen LogP contribution >= 0.6 is 0 Å². The van der Waals surface area contributed by atoms with E-state index in [1.165, 1.54) is 16.4 Å². The van der Waals surface area contributed by atoms with Gasteiger partial charge in [0.05, 0.1) is 18.1 Å². The highest BCUT2D eigenvalue weighted by atomic mass is 32.2. The fraction of sp³-hybridized carbons (Fsp3) is 0.304. The maximum Gasteiger partial charge on any atom is 0.251 e. The van der Waals surface area contributed by atoms with E-state index in [9.17, 15) is 13.2 Å². The van der Waals surface area contributed by atoms with Crippen LogP contribution in [0.25, 0.3) is 11.4 Å². The van der Waals surface area contributed by atoms with Crippen molar-refractivity contribution >= 4 is 15.9 Å². The molecule has 32 heavy (non-hydrogen) atoms. The molecule has 1 saturated heterocycles. The lowest BCUT2D eigenvalue weighted by molar-refractivity contribution is 0.0730. The van der Waals surface area contributed by atoms with Crippen LogP contribution in [-0.2, 0) is 21.3 Å². The fourth-order valence-corrected chi connectivity index (χ4v) is 5.01. The van der Waals surface area contributed by atoms with Gasteiger partial charge in [0.1, 0.15) is 5.82 Å². The van der Waals surface area contributed by atoms with Gasteiger partial charge in [0.25, 0.3) is 5.91 Å². The van der Waals surface area contributed by atoms with E-state index in [-0.39, 0.29) is 10.8 Å². The molecule has 1 aliphatic heterocycles. The van der Waals surface area contributed by atoms with Gasteiger partial charge >= 0.3 is 0 Å². The van der Waals surface area contributed by atoms with Gasteiger partial charge in [0, 0.05) is 49.7 Å². The van der Waals surface area contributed by atoms with Crippen molar-refractivity contribution in [2.45, 2.75) is 17.9 Å². The molecule has 1 aromatic heterocycles. The first-order valence-corrected chi connectivity index (χ1v) is 12.0. The summed E-state index contributed by atoms with van der Waals surface area (Å²) >= 11 is 0. The van der Waals surface area contributed by atoms with E-state index in [1.54, 1.807) is 18.3 Å². The van der Waals surface area contributed by atoms with E-state index in [0.29, 0.717) is 38.4 Å². The minimum absolute atomic E-state index is 0.185. The highest BCUT2D eigenvalue weighted by Gasteiger charge is 2.26. The van der Waals surface area contributed by atoms with Crippen LogP contribution < -0.4 is 5.32 Å². The first-order chi connectivity index (χ1) is 15.6. The molecule has 1 N–H and O–H groups in total. The Labute approximate surface area is 187 Å². The molecule has 1 amide bonds. The Morgan fingerprint density at radius 1 is 1.03 bits per heavy atom. The van der Waals surface area contributed by atoms with E-state index in [4.69, 9.17) is 4.74 Å². The number of nitrogens with one attached hydrogen (secondary N) is 1. The molecule has 8 nitrogen and oxygen atoms in total. The molecule has 3 aromatic rings. The van der Waals surface area contributed by atoms with Gasteiger partial charge in [-0.05, 0) is 30.7 Å². The number of aromatic nitrogens is 2. The average Bonchev–Trinajstić information content (AvgIpc) is 3.31. The van der Waals surface area contributed by atoms with Gasteiger partial charge in [0.15, 0.2) is 0 Å². The van der Waals surface area contributed by atoms with Crippen LogP contribution in [0, 0.1) is 0 Å². The zero-order valence-electron chi connectivity index (χ0n) is 17.7. The van der Waals surface area contributed by atoms with Crippen LogP contribution in [0.4, 0.5) is 0 Å². The van der Waals surface area contributed by atoms with Crippen LogP contribution in [0.15, 0.2) is 71.9 Å². The molecule has 2 aromatic carbocycles. The van der Waals surface area contributed by atoms with Crippen LogP contribution in [0.5, 0.6) is 0 Å². The molecule has 0 bridgehead atoms. The number of rotatable bonds is 8. The minimum atomic E-state index is -3.56. The SMILES string of the molecule is O=C(NCCCn1ccnc1-c1ccccc1)c1ccc(S(=O)(=O)N2CCOCC2)cc1. The number of hydrogen-bond donors (Lipinski definition) is 1. The molecule has 0 atom stereocenters. The number of sulfonamides is 1. The van der Waals surface area contributed by atoms with E-state index in [0.717, 1.165) is 24.4 Å². The second kappa shape index (κ2) is 10.1. The van der Waals surface area contributed by atoms with Crippen molar-refractivity contribution in [2.24, 2.45) is 0 Å². The van der Waals surface area contributed by atoms with Crippen LogP contribution in [-0.4, -0.2) is 61.0 Å². The summed E-state index contributed by atoms with van der Waals surface area (Å²) in [5.41, 5.74) is 1.48. The molecule has 168 valence electrons. The van der Waals surface area contributed by atoms with Gasteiger partial charge in [-0.25, -0.2) is 13.4 Å². The predicted octanol–water partition coefficient (Wildman–Crippen LogP) is 2.39. The number of hydrogen-bond acceptors (Lipinski definition) is 5. The Morgan fingerprint density at radius 3 is 2.47 bits per heavy atom. The summed E-state index contributed by atoms with van der Waals surface area (Å²) in [6.07, 6.45) is 4.44. The van der Waals surface area contributed by atoms with Crippen molar-refractivity contribution < 1.29 is 17.9 Å². The van der Waals surface area contributed by atoms with Gasteiger partial charge < -0.3 is 14.6 Å². The number of morpholine rings is 1. The van der Waals surface area contributed by atoms with Gasteiger partial charge in [-0.2, -0.15) is 4.31 Å². The monoisotopic (exact) mass is 454 g/mol. The van der Waals surface area contributed by atoms with Crippen molar-refractivity contribution in [3.8, 4) is 11.4 Å². The Morgan fingerprint density at radius 2 is 1.75 bits per heavy atom. The number of carbonyl (C=O) groups is 1. The zero-order chi connectivity index (χ0) is 22.4. The van der Waals surface area contributed by atoms with Crippen LogP contribution in [0.3, 0.4) is 0 Å². The quantitative estimate of drug-likeness (QED) is 0.528. The molecule has 0 radical (unpaired) electrons. The predicted molar refractivity (Wildman–Crippen MR) is 121 cm³/mol. The van der Waals surface area contributed by atoms with Crippen LogP contribution in [0.2, 0.25) is 0 Å². The third-order valence-corrected chi connectivity index (χ3v) is 7.25. The molecule has 9 heteroatoms. The summed E-state index contributed by atoms with van der Waals surface area (Å²) in [5.74, 6) is 0.670. The van der Waals surface area contributed by atoms with Crippen molar-refractivity contribution in [3.63, 3.8) is 0 Å². The molecule has 1 aliphatic rings. The largest absolute Gasteiger partial charge is 0.379 e. The first-order valence-electron chi connectivity index (χ1n) is 10.6. The van der Waals surface area contributed by atoms with E-state index >= 15 is 0 Å². The molecular weight excluding hydrogens is 428 g/mol. The lowest BCUT2D eigenvalue weighted by Gasteiger charge is -2.26. The molecule has 1 fully saturated rings. The summed E-state index contributed by atoms with van der Waals surface area (Å²) in [6.45, 7) is 2.69. The maximum atomic E-state index is 12.7. The number of aryl methyl sites for hydroxylation is 1. The summed E-state index contributed by atoms with van der Waals surface area (Å²) in [6, 6.07) is 16.0. The number of amides is 1. The lowest BCUT2D eigenvalue weighted by atomic mass is 10.2. The third kappa shape index (κ3) is 5.07. The van der Waals surface area contributed by atoms with Crippen molar-refractivity contribution in [3.05, 3.63) is 72.6 Å². The first kappa shape index (κ1) is 22.2. The number of imidazole rings is 1. The van der Waals surface area contributed by atoms with Gasteiger partial charge in [-0.15, -0.1) is 0 Å². The molecule has 0 unspecified atom stereocenters. The minimum Gasteiger partial charge on any atom is -0.379 e. The molecule has 2 heterocycles. The standard InChI is InChI=1S/C23H26N4O4S/c28-23(20-7-9-21(10-8-20)32(29,30)27-15-17-31-18-16-27)25-11-4-13-26-14-12-24-22(26)19-5-2-1-3-6-19/h1-3,5-10,12,14H,4,11,13,15-18H2,(H,25,28).